The number of hydrogen-bond acceptors (Lipinski definition) is 2. The third kappa shape index (κ3) is 0.956. The molecule has 0 aromatic carbocycles. The Labute approximate surface area is 61.2 Å². The lowest BCUT2D eigenvalue weighted by Gasteiger charge is -2.20. The van der Waals surface area contributed by atoms with Crippen LogP contribution in [0.5, 0.6) is 0 Å². The number of rotatable bonds is 1. The lowest BCUT2D eigenvalue weighted by Crippen LogP contribution is -2.26. The first kappa shape index (κ1) is 6.62. The lowest BCUT2D eigenvalue weighted by atomic mass is 9.86. The van der Waals surface area contributed by atoms with Gasteiger partial charge in [0.2, 0.25) is 0 Å². The van der Waals surface area contributed by atoms with E-state index >= 15 is 0 Å². The van der Waals surface area contributed by atoms with Gasteiger partial charge in [0.1, 0.15) is 0 Å². The Bertz CT molecular complexity index is 133. The molecule has 1 heterocycles. The van der Waals surface area contributed by atoms with Crippen LogP contribution in [0, 0.1) is 5.92 Å². The van der Waals surface area contributed by atoms with E-state index in [1.807, 2.05) is 6.92 Å². The molecule has 58 valence electrons. The third-order valence-electron chi connectivity index (χ3n) is 2.69. The van der Waals surface area contributed by atoms with E-state index < -0.39 is 0 Å². The minimum atomic E-state index is -0.171. The fraction of sp³-hybridized carbons (Fsp3) is 1.00. The van der Waals surface area contributed by atoms with E-state index in [0.717, 1.165) is 6.42 Å². The second kappa shape index (κ2) is 2.21. The van der Waals surface area contributed by atoms with Crippen LogP contribution < -0.4 is 0 Å². The minimum Gasteiger partial charge on any atom is -0.393 e. The smallest absolute Gasteiger partial charge is 0.0894 e. The lowest BCUT2D eigenvalue weighted by molar-refractivity contribution is 0.0977. The summed E-state index contributed by atoms with van der Waals surface area (Å²) in [5.41, 5.74) is 0. The Morgan fingerprint density at radius 3 is 2.90 bits per heavy atom. The summed E-state index contributed by atoms with van der Waals surface area (Å²) < 4.78 is 5.39. The molecular weight excluding hydrogens is 128 g/mol. The molecule has 0 aromatic heterocycles. The predicted molar refractivity (Wildman–Crippen MR) is 37.7 cm³/mol. The predicted octanol–water partition coefficient (Wildman–Crippen LogP) is 0.935. The highest BCUT2D eigenvalue weighted by Crippen LogP contribution is 2.41. The van der Waals surface area contributed by atoms with E-state index in [2.05, 4.69) is 0 Å². The minimum absolute atomic E-state index is 0.171. The van der Waals surface area contributed by atoms with E-state index in [1.54, 1.807) is 0 Å². The third-order valence-corrected chi connectivity index (χ3v) is 2.69. The first-order chi connectivity index (χ1) is 4.79. The Morgan fingerprint density at radius 1 is 1.50 bits per heavy atom. The van der Waals surface area contributed by atoms with E-state index in [4.69, 9.17) is 4.74 Å². The van der Waals surface area contributed by atoms with Crippen LogP contribution in [0.1, 0.15) is 26.2 Å². The Balaban J connectivity index is 1.96. The van der Waals surface area contributed by atoms with Crippen molar-refractivity contribution in [3.8, 4) is 0 Å². The Kier molecular flexibility index (Phi) is 1.46. The molecule has 0 bridgehead atoms. The molecule has 1 aliphatic carbocycles. The van der Waals surface area contributed by atoms with Crippen molar-refractivity contribution in [2.45, 2.75) is 44.5 Å². The van der Waals surface area contributed by atoms with Gasteiger partial charge < -0.3 is 9.84 Å². The van der Waals surface area contributed by atoms with E-state index in [9.17, 15) is 5.11 Å². The standard InChI is InChI=1S/C8H14O2/c1-5(9)6-3-2-4-7-8(6)10-7/h5-9H,2-4H2,1H3/t5-,6-,7+,8-/m1/s1. The highest BCUT2D eigenvalue weighted by molar-refractivity contribution is 4.96. The maximum atomic E-state index is 9.29. The van der Waals surface area contributed by atoms with E-state index in [1.165, 1.54) is 12.8 Å². The highest BCUT2D eigenvalue weighted by Gasteiger charge is 2.48. The van der Waals surface area contributed by atoms with Gasteiger partial charge in [0, 0.05) is 5.92 Å². The second-order valence-electron chi connectivity index (χ2n) is 3.47. The number of epoxide rings is 1. The summed E-state index contributed by atoms with van der Waals surface area (Å²) in [4.78, 5) is 0. The van der Waals surface area contributed by atoms with Crippen LogP contribution in [-0.4, -0.2) is 23.4 Å². The SMILES string of the molecule is C[C@@H](O)[C@H]1CCC[C@@H]2O[C@H]12. The zero-order chi connectivity index (χ0) is 7.14. The van der Waals surface area contributed by atoms with Crippen molar-refractivity contribution in [1.82, 2.24) is 0 Å². The van der Waals surface area contributed by atoms with Crippen molar-refractivity contribution in [1.29, 1.82) is 0 Å². The number of fused-ring (bicyclic) bond motifs is 1. The average molecular weight is 142 g/mol. The monoisotopic (exact) mass is 142 g/mol. The van der Waals surface area contributed by atoms with E-state index in [-0.39, 0.29) is 6.10 Å². The number of aliphatic hydroxyl groups is 1. The molecule has 10 heavy (non-hydrogen) atoms. The molecule has 0 aromatic rings. The van der Waals surface area contributed by atoms with Crippen molar-refractivity contribution in [2.75, 3.05) is 0 Å². The molecule has 2 fully saturated rings. The van der Waals surface area contributed by atoms with Gasteiger partial charge in [-0.3, -0.25) is 0 Å². The van der Waals surface area contributed by atoms with Crippen molar-refractivity contribution in [3.63, 3.8) is 0 Å². The van der Waals surface area contributed by atoms with E-state index in [0.29, 0.717) is 18.1 Å². The van der Waals surface area contributed by atoms with Gasteiger partial charge in [-0.05, 0) is 19.8 Å². The molecular formula is C8H14O2. The maximum Gasteiger partial charge on any atom is 0.0894 e. The quantitative estimate of drug-likeness (QED) is 0.552. The summed E-state index contributed by atoms with van der Waals surface area (Å²) in [5.74, 6) is 0.429. The van der Waals surface area contributed by atoms with Crippen LogP contribution >= 0.6 is 0 Å². The van der Waals surface area contributed by atoms with Crippen LogP contribution in [0.15, 0.2) is 0 Å². The molecule has 1 N–H and O–H groups in total. The summed E-state index contributed by atoms with van der Waals surface area (Å²) in [6, 6.07) is 0. The fourth-order valence-electron chi connectivity index (χ4n) is 2.00. The van der Waals surface area contributed by atoms with Gasteiger partial charge in [-0.2, -0.15) is 0 Å². The summed E-state index contributed by atoms with van der Waals surface area (Å²) in [6.07, 6.45) is 4.35. The normalized spacial score (nSPS) is 48.0. The zero-order valence-electron chi connectivity index (χ0n) is 6.29. The maximum absolute atomic E-state index is 9.29. The molecule has 1 saturated carbocycles. The molecule has 0 unspecified atom stereocenters. The number of ether oxygens (including phenoxy) is 1. The van der Waals surface area contributed by atoms with Crippen LogP contribution in [0.2, 0.25) is 0 Å². The van der Waals surface area contributed by atoms with Gasteiger partial charge in [0.25, 0.3) is 0 Å². The van der Waals surface area contributed by atoms with Gasteiger partial charge in [0.05, 0.1) is 18.3 Å². The summed E-state index contributed by atoms with van der Waals surface area (Å²) in [7, 11) is 0. The van der Waals surface area contributed by atoms with Crippen molar-refractivity contribution in [3.05, 3.63) is 0 Å². The average Bonchev–Trinajstić information content (AvgIpc) is 2.63. The van der Waals surface area contributed by atoms with Gasteiger partial charge in [0.15, 0.2) is 0 Å². The molecule has 4 atom stereocenters. The van der Waals surface area contributed by atoms with Crippen LogP contribution in [0.25, 0.3) is 0 Å². The topological polar surface area (TPSA) is 32.8 Å². The fourth-order valence-corrected chi connectivity index (χ4v) is 2.00. The van der Waals surface area contributed by atoms with Crippen molar-refractivity contribution in [2.24, 2.45) is 5.92 Å². The number of hydrogen-bond donors (Lipinski definition) is 1. The molecule has 2 nitrogen and oxygen atoms in total. The molecule has 0 amide bonds. The molecule has 0 radical (unpaired) electrons. The van der Waals surface area contributed by atoms with Crippen LogP contribution in [0.4, 0.5) is 0 Å². The Morgan fingerprint density at radius 2 is 2.30 bits per heavy atom. The van der Waals surface area contributed by atoms with Crippen LogP contribution in [0.3, 0.4) is 0 Å². The Hall–Kier alpha value is -0.0800. The first-order valence-corrected chi connectivity index (χ1v) is 4.12. The van der Waals surface area contributed by atoms with Gasteiger partial charge in [-0.15, -0.1) is 0 Å². The molecule has 1 saturated heterocycles. The molecule has 2 heteroatoms. The van der Waals surface area contributed by atoms with Gasteiger partial charge in [-0.1, -0.05) is 6.42 Å². The molecule has 2 rings (SSSR count). The highest BCUT2D eigenvalue weighted by atomic mass is 16.6. The summed E-state index contributed by atoms with van der Waals surface area (Å²) in [6.45, 7) is 1.87. The summed E-state index contributed by atoms with van der Waals surface area (Å²) in [5, 5.41) is 9.29. The molecule has 1 aliphatic heterocycles. The summed E-state index contributed by atoms with van der Waals surface area (Å²) >= 11 is 0. The van der Waals surface area contributed by atoms with Crippen molar-refractivity contribution >= 4 is 0 Å². The molecule has 0 spiro atoms. The second-order valence-corrected chi connectivity index (χ2v) is 3.47. The van der Waals surface area contributed by atoms with Gasteiger partial charge >= 0.3 is 0 Å². The number of aliphatic hydroxyl groups excluding tert-OH is 1. The zero-order valence-corrected chi connectivity index (χ0v) is 6.29. The van der Waals surface area contributed by atoms with Crippen LogP contribution in [-0.2, 0) is 4.74 Å². The first-order valence-electron chi connectivity index (χ1n) is 4.12. The van der Waals surface area contributed by atoms with Crippen molar-refractivity contribution < 1.29 is 9.84 Å². The molecule has 2 aliphatic rings. The largest absolute Gasteiger partial charge is 0.393 e. The van der Waals surface area contributed by atoms with Gasteiger partial charge in [-0.25, -0.2) is 0 Å².